The predicted molar refractivity (Wildman–Crippen MR) is 324 cm³/mol. The molecule has 0 aliphatic heterocycles. The second-order valence-electron chi connectivity index (χ2n) is 23.2. The van der Waals surface area contributed by atoms with Gasteiger partial charge in [-0.05, 0) is 57.8 Å². The summed E-state index contributed by atoms with van der Waals surface area (Å²) >= 11 is 0. The molecule has 0 aliphatic rings. The first kappa shape index (κ1) is 72.3. The lowest BCUT2D eigenvalue weighted by Gasteiger charge is -2.20. The molecule has 438 valence electrons. The third kappa shape index (κ3) is 59.6. The standard InChI is InChI=1S/C68H131NO5/c1-3-5-7-9-11-13-15-17-19-20-21-22-23-24-25-27-30-33-36-40-44-48-52-56-60-66(71)65(64-70)69-67(72)61-57-53-49-45-41-37-34-31-28-26-29-32-35-39-43-47-51-55-59-63-74-68(73)62-58-54-50-46-42-38-18-16-14-12-10-8-6-4-2/h26,28,56,60,65-66,70-71H,3-25,27,29-55,57-59,61-64H2,1-2H3,(H,69,72)/b28-26-,60-56+. The van der Waals surface area contributed by atoms with Gasteiger partial charge in [0.05, 0.1) is 25.4 Å². The molecule has 0 rings (SSSR count). The summed E-state index contributed by atoms with van der Waals surface area (Å²) in [5.74, 6) is -0.0673. The topological polar surface area (TPSA) is 95.9 Å². The zero-order valence-corrected chi connectivity index (χ0v) is 50.1. The van der Waals surface area contributed by atoms with Crippen molar-refractivity contribution in [1.29, 1.82) is 0 Å². The molecule has 0 saturated carbocycles. The number of allylic oxidation sites excluding steroid dienone is 3. The van der Waals surface area contributed by atoms with Crippen LogP contribution in [0.1, 0.15) is 373 Å². The summed E-state index contributed by atoms with van der Waals surface area (Å²) in [6.07, 6.45) is 79.5. The summed E-state index contributed by atoms with van der Waals surface area (Å²) in [5, 5.41) is 23.2. The summed E-state index contributed by atoms with van der Waals surface area (Å²) in [5.41, 5.74) is 0. The molecule has 2 unspecified atom stereocenters. The van der Waals surface area contributed by atoms with Gasteiger partial charge in [0.1, 0.15) is 0 Å². The number of rotatable bonds is 63. The fourth-order valence-electron chi connectivity index (χ4n) is 10.6. The molecule has 2 atom stereocenters. The first-order chi connectivity index (χ1) is 36.5. The van der Waals surface area contributed by atoms with Crippen molar-refractivity contribution in [2.75, 3.05) is 13.2 Å². The van der Waals surface area contributed by atoms with Crippen LogP contribution in [-0.4, -0.2) is 47.4 Å². The molecular formula is C68H131NO5. The summed E-state index contributed by atoms with van der Waals surface area (Å²) in [7, 11) is 0. The van der Waals surface area contributed by atoms with E-state index in [0.29, 0.717) is 19.4 Å². The highest BCUT2D eigenvalue weighted by molar-refractivity contribution is 5.76. The van der Waals surface area contributed by atoms with Gasteiger partial charge < -0.3 is 20.3 Å². The van der Waals surface area contributed by atoms with Crippen molar-refractivity contribution in [3.05, 3.63) is 24.3 Å². The number of hydrogen-bond acceptors (Lipinski definition) is 5. The van der Waals surface area contributed by atoms with Crippen molar-refractivity contribution in [1.82, 2.24) is 5.32 Å². The van der Waals surface area contributed by atoms with Crippen LogP contribution >= 0.6 is 0 Å². The minimum Gasteiger partial charge on any atom is -0.466 e. The normalized spacial score (nSPS) is 12.6. The van der Waals surface area contributed by atoms with Crippen molar-refractivity contribution in [3.63, 3.8) is 0 Å². The Balaban J connectivity index is 3.46. The van der Waals surface area contributed by atoms with Gasteiger partial charge >= 0.3 is 5.97 Å². The SMILES string of the molecule is CCCCCCCCCCCCCCCCCCCCCCCC/C=C/C(O)C(CO)NC(=O)CCCCCCCCC/C=C\CCCCCCCCCCOC(=O)CCCCCCCCCCCCCCCC. The van der Waals surface area contributed by atoms with Gasteiger partial charge in [0.15, 0.2) is 0 Å². The van der Waals surface area contributed by atoms with Gasteiger partial charge in [-0.3, -0.25) is 9.59 Å². The third-order valence-electron chi connectivity index (χ3n) is 15.7. The molecule has 3 N–H and O–H groups in total. The monoisotopic (exact) mass is 1040 g/mol. The number of aliphatic hydroxyl groups is 2. The molecule has 6 heteroatoms. The second kappa shape index (κ2) is 63.9. The molecule has 0 spiro atoms. The van der Waals surface area contributed by atoms with E-state index in [9.17, 15) is 19.8 Å². The van der Waals surface area contributed by atoms with Crippen LogP contribution in [0.25, 0.3) is 0 Å². The fraction of sp³-hybridized carbons (Fsp3) is 0.912. The highest BCUT2D eigenvalue weighted by Crippen LogP contribution is 2.18. The van der Waals surface area contributed by atoms with Crippen LogP contribution < -0.4 is 5.32 Å². The van der Waals surface area contributed by atoms with Crippen molar-refractivity contribution < 1.29 is 24.5 Å². The lowest BCUT2D eigenvalue weighted by atomic mass is 10.0. The number of carbonyl (C=O) groups excluding carboxylic acids is 2. The average molecular weight is 1040 g/mol. The summed E-state index contributed by atoms with van der Waals surface area (Å²) in [6.45, 7) is 4.93. The maximum absolute atomic E-state index is 12.5. The first-order valence-corrected chi connectivity index (χ1v) is 33.6. The summed E-state index contributed by atoms with van der Waals surface area (Å²) in [6, 6.07) is -0.636. The van der Waals surface area contributed by atoms with Gasteiger partial charge in [-0.15, -0.1) is 0 Å². The number of nitrogens with one attached hydrogen (secondary N) is 1. The van der Waals surface area contributed by atoms with Gasteiger partial charge in [-0.25, -0.2) is 0 Å². The van der Waals surface area contributed by atoms with E-state index in [2.05, 4.69) is 31.3 Å². The van der Waals surface area contributed by atoms with Crippen LogP contribution in [-0.2, 0) is 14.3 Å². The van der Waals surface area contributed by atoms with E-state index in [1.807, 2.05) is 6.08 Å². The Kier molecular flexibility index (Phi) is 62.4. The van der Waals surface area contributed by atoms with Crippen molar-refractivity contribution in [2.45, 2.75) is 386 Å². The number of amides is 1. The molecule has 0 aromatic heterocycles. The van der Waals surface area contributed by atoms with Crippen LogP contribution in [0.15, 0.2) is 24.3 Å². The molecular weight excluding hydrogens is 911 g/mol. The molecule has 0 fully saturated rings. The quantitative estimate of drug-likeness (QED) is 0.0320. The van der Waals surface area contributed by atoms with Gasteiger partial charge in [0, 0.05) is 12.8 Å². The third-order valence-corrected chi connectivity index (χ3v) is 15.7. The highest BCUT2D eigenvalue weighted by atomic mass is 16.5. The average Bonchev–Trinajstić information content (AvgIpc) is 3.40. The van der Waals surface area contributed by atoms with E-state index in [1.54, 1.807) is 6.08 Å². The largest absolute Gasteiger partial charge is 0.466 e. The highest BCUT2D eigenvalue weighted by Gasteiger charge is 2.18. The van der Waals surface area contributed by atoms with Crippen molar-refractivity contribution in [3.8, 4) is 0 Å². The van der Waals surface area contributed by atoms with Crippen LogP contribution in [0.4, 0.5) is 0 Å². The second-order valence-corrected chi connectivity index (χ2v) is 23.2. The Bertz CT molecular complexity index is 1150. The zero-order chi connectivity index (χ0) is 53.6. The van der Waals surface area contributed by atoms with E-state index >= 15 is 0 Å². The predicted octanol–water partition coefficient (Wildman–Crippen LogP) is 21.4. The molecule has 6 nitrogen and oxygen atoms in total. The van der Waals surface area contributed by atoms with E-state index < -0.39 is 12.1 Å². The minimum absolute atomic E-state index is 0.00625. The van der Waals surface area contributed by atoms with Gasteiger partial charge in [0.25, 0.3) is 0 Å². The van der Waals surface area contributed by atoms with Gasteiger partial charge in [-0.1, -0.05) is 327 Å². The summed E-state index contributed by atoms with van der Waals surface area (Å²) in [4.78, 5) is 24.6. The number of aliphatic hydroxyl groups excluding tert-OH is 2. The molecule has 1 amide bonds. The van der Waals surface area contributed by atoms with Crippen LogP contribution in [0.5, 0.6) is 0 Å². The van der Waals surface area contributed by atoms with Gasteiger partial charge in [0.2, 0.25) is 5.91 Å². The van der Waals surface area contributed by atoms with Gasteiger partial charge in [-0.2, -0.15) is 0 Å². The minimum atomic E-state index is -0.852. The smallest absolute Gasteiger partial charge is 0.305 e. The number of carbonyl (C=O) groups is 2. The number of ether oxygens (including phenoxy) is 1. The Morgan fingerprint density at radius 2 is 0.635 bits per heavy atom. The molecule has 0 heterocycles. The lowest BCUT2D eigenvalue weighted by molar-refractivity contribution is -0.143. The molecule has 0 radical (unpaired) electrons. The van der Waals surface area contributed by atoms with E-state index in [-0.39, 0.29) is 18.5 Å². The Labute approximate surface area is 462 Å². The molecule has 0 aliphatic carbocycles. The number of hydrogen-bond donors (Lipinski definition) is 3. The molecule has 0 saturated heterocycles. The first-order valence-electron chi connectivity index (χ1n) is 33.6. The van der Waals surface area contributed by atoms with Crippen molar-refractivity contribution in [2.24, 2.45) is 0 Å². The maximum Gasteiger partial charge on any atom is 0.305 e. The molecule has 0 bridgehead atoms. The number of esters is 1. The Hall–Kier alpha value is -1.66. The number of unbranched alkanes of at least 4 members (excludes halogenated alkanes) is 50. The Morgan fingerprint density at radius 1 is 0.365 bits per heavy atom. The van der Waals surface area contributed by atoms with Crippen molar-refractivity contribution >= 4 is 11.9 Å². The van der Waals surface area contributed by atoms with E-state index in [4.69, 9.17) is 4.74 Å². The molecule has 0 aromatic rings. The van der Waals surface area contributed by atoms with E-state index in [0.717, 1.165) is 51.4 Å². The van der Waals surface area contributed by atoms with Crippen LogP contribution in [0.2, 0.25) is 0 Å². The molecule has 0 aromatic carbocycles. The summed E-state index contributed by atoms with van der Waals surface area (Å²) < 4.78 is 5.48. The lowest BCUT2D eigenvalue weighted by Crippen LogP contribution is -2.45. The zero-order valence-electron chi connectivity index (χ0n) is 50.1. The van der Waals surface area contributed by atoms with Crippen LogP contribution in [0.3, 0.4) is 0 Å². The fourth-order valence-corrected chi connectivity index (χ4v) is 10.6. The molecule has 74 heavy (non-hydrogen) atoms. The van der Waals surface area contributed by atoms with E-state index in [1.165, 1.54) is 295 Å². The van der Waals surface area contributed by atoms with Crippen LogP contribution in [0, 0.1) is 0 Å². The Morgan fingerprint density at radius 3 is 0.959 bits per heavy atom. The maximum atomic E-state index is 12.5.